The number of anilines is 1. The van der Waals surface area contributed by atoms with Crippen molar-refractivity contribution in [2.45, 2.75) is 76.8 Å². The number of benzene rings is 1. The minimum atomic E-state index is -1.31. The van der Waals surface area contributed by atoms with Crippen molar-refractivity contribution < 1.29 is 23.4 Å². The molecule has 0 amide bonds. The van der Waals surface area contributed by atoms with Crippen LogP contribution in [0.3, 0.4) is 0 Å². The number of carbonyl (C=O) groups is 1. The number of carboxylic acid groups (broad SMARTS) is 1. The topological polar surface area (TPSA) is 77.9 Å². The van der Waals surface area contributed by atoms with E-state index in [0.29, 0.717) is 13.1 Å². The number of carboxylic acids is 1. The summed E-state index contributed by atoms with van der Waals surface area (Å²) >= 11 is 0. The maximum atomic E-state index is 15.6. The van der Waals surface area contributed by atoms with Gasteiger partial charge in [-0.15, -0.1) is 0 Å². The van der Waals surface area contributed by atoms with Crippen LogP contribution < -0.4 is 10.1 Å². The van der Waals surface area contributed by atoms with E-state index in [-0.39, 0.29) is 28.8 Å². The predicted octanol–water partition coefficient (Wildman–Crippen LogP) is 5.39. The lowest BCUT2D eigenvalue weighted by molar-refractivity contribution is -0.143. The van der Waals surface area contributed by atoms with E-state index < -0.39 is 23.6 Å². The van der Waals surface area contributed by atoms with Gasteiger partial charge in [0.05, 0.1) is 12.7 Å². The average molecular weight is 545 g/mol. The van der Waals surface area contributed by atoms with Crippen LogP contribution in [0, 0.1) is 11.6 Å². The largest absolute Gasteiger partial charge is 0.493 e. The number of aliphatic carboxylic acids is 1. The summed E-state index contributed by atoms with van der Waals surface area (Å²) in [7, 11) is 3.30. The number of rotatable bonds is 12. The average Bonchev–Trinajstić information content (AvgIpc) is 3.39. The number of ether oxygens (including phenoxy) is 1. The molecule has 9 heteroatoms. The molecule has 0 saturated carbocycles. The van der Waals surface area contributed by atoms with Crippen LogP contribution >= 0.6 is 0 Å². The van der Waals surface area contributed by atoms with Gasteiger partial charge in [-0.3, -0.25) is 9.69 Å². The zero-order valence-corrected chi connectivity index (χ0v) is 23.6. The maximum Gasteiger partial charge on any atom is 0.325 e. The summed E-state index contributed by atoms with van der Waals surface area (Å²) in [6.07, 6.45) is 7.15. The van der Waals surface area contributed by atoms with Crippen molar-refractivity contribution in [2.24, 2.45) is 0 Å². The molecule has 0 aliphatic carbocycles. The number of unbranched alkanes of at least 4 members (excludes halogenated alkanes) is 2. The molecule has 0 bridgehead atoms. The molecule has 214 valence electrons. The summed E-state index contributed by atoms with van der Waals surface area (Å²) in [4.78, 5) is 21.2. The number of fused-ring (bicyclic) bond motifs is 1. The molecule has 3 heterocycles. The van der Waals surface area contributed by atoms with Crippen LogP contribution in [-0.4, -0.2) is 72.2 Å². The molecular formula is C30H42F2N4O3. The van der Waals surface area contributed by atoms with Crippen molar-refractivity contribution in [3.05, 3.63) is 52.2 Å². The van der Waals surface area contributed by atoms with E-state index in [0.717, 1.165) is 75.6 Å². The molecule has 1 fully saturated rings. The molecule has 2 N–H and O–H groups in total. The lowest BCUT2D eigenvalue weighted by Gasteiger charge is -2.29. The van der Waals surface area contributed by atoms with Gasteiger partial charge in [0.25, 0.3) is 0 Å². The van der Waals surface area contributed by atoms with Gasteiger partial charge in [0.2, 0.25) is 0 Å². The summed E-state index contributed by atoms with van der Waals surface area (Å²) in [5.74, 6) is -2.22. The summed E-state index contributed by atoms with van der Waals surface area (Å²) in [5, 5.41) is 13.5. The standard InChI is InChI=1S/C30H42F2N4O3/c1-19(2)23-17-24(31)28(39-4)25(26(23)32)27(30(37)38)36-16-13-22(18-36)35(3)15-7-5-6-10-21-12-11-20-9-8-14-33-29(20)34-21/h11-12,17,19,22,27H,5-10,13-16,18H2,1-4H3,(H,33,34)(H,37,38)/t22-,27-/m1/s1. The zero-order valence-electron chi connectivity index (χ0n) is 23.6. The van der Waals surface area contributed by atoms with Gasteiger partial charge in [0.1, 0.15) is 17.7 Å². The van der Waals surface area contributed by atoms with E-state index in [1.807, 2.05) is 0 Å². The van der Waals surface area contributed by atoms with Gasteiger partial charge < -0.3 is 20.1 Å². The second-order valence-corrected chi connectivity index (χ2v) is 11.2. The van der Waals surface area contributed by atoms with Crippen LogP contribution in [0.4, 0.5) is 14.6 Å². The van der Waals surface area contributed by atoms with Crippen molar-refractivity contribution in [2.75, 3.05) is 45.7 Å². The molecule has 2 aromatic rings. The monoisotopic (exact) mass is 544 g/mol. The molecule has 1 aromatic heterocycles. The van der Waals surface area contributed by atoms with Gasteiger partial charge >= 0.3 is 5.97 Å². The van der Waals surface area contributed by atoms with Crippen molar-refractivity contribution >= 4 is 11.8 Å². The Labute approximate surface area is 230 Å². The molecular weight excluding hydrogens is 502 g/mol. The molecule has 0 unspecified atom stereocenters. The molecule has 0 radical (unpaired) electrons. The summed E-state index contributed by atoms with van der Waals surface area (Å²) in [6, 6.07) is 4.28. The van der Waals surface area contributed by atoms with Gasteiger partial charge in [-0.25, -0.2) is 13.8 Å². The van der Waals surface area contributed by atoms with E-state index in [1.54, 1.807) is 18.7 Å². The summed E-state index contributed by atoms with van der Waals surface area (Å²) in [5.41, 5.74) is 2.37. The van der Waals surface area contributed by atoms with Crippen LogP contribution in [0.15, 0.2) is 18.2 Å². The first-order chi connectivity index (χ1) is 18.7. The number of aromatic nitrogens is 1. The van der Waals surface area contributed by atoms with E-state index in [1.165, 1.54) is 12.7 Å². The summed E-state index contributed by atoms with van der Waals surface area (Å²) in [6.45, 7) is 6.35. The molecule has 7 nitrogen and oxygen atoms in total. The van der Waals surface area contributed by atoms with Gasteiger partial charge in [-0.2, -0.15) is 0 Å². The number of nitrogens with one attached hydrogen (secondary N) is 1. The maximum absolute atomic E-state index is 15.6. The Morgan fingerprint density at radius 3 is 2.79 bits per heavy atom. The van der Waals surface area contributed by atoms with Crippen molar-refractivity contribution in [3.63, 3.8) is 0 Å². The van der Waals surface area contributed by atoms with E-state index in [4.69, 9.17) is 9.72 Å². The Hall–Kier alpha value is -2.78. The fourth-order valence-corrected chi connectivity index (χ4v) is 5.88. The first-order valence-corrected chi connectivity index (χ1v) is 14.2. The molecule has 0 spiro atoms. The third-order valence-corrected chi connectivity index (χ3v) is 8.15. The number of methoxy groups -OCH3 is 1. The first kappa shape index (κ1) is 29.2. The number of nitrogens with zero attached hydrogens (tertiary/aromatic N) is 3. The quantitative estimate of drug-likeness (QED) is 0.347. The summed E-state index contributed by atoms with van der Waals surface area (Å²) < 4.78 is 35.6. The SMILES string of the molecule is COc1c(F)cc(C(C)C)c(F)c1[C@H](C(=O)O)N1CC[C@@H](N(C)CCCCCc2ccc3c(n2)NCCC3)C1. The minimum Gasteiger partial charge on any atom is -0.493 e. The number of halogens is 2. The van der Waals surface area contributed by atoms with Crippen LogP contribution in [0.25, 0.3) is 0 Å². The fraction of sp³-hybridized carbons (Fsp3) is 0.600. The third-order valence-electron chi connectivity index (χ3n) is 8.15. The number of likely N-dealkylation sites (N-methyl/N-ethyl adjacent to an activating group) is 1. The van der Waals surface area contributed by atoms with Gasteiger partial charge in [0.15, 0.2) is 11.6 Å². The molecule has 4 rings (SSSR count). The Bertz CT molecular complexity index is 1160. The Morgan fingerprint density at radius 2 is 2.08 bits per heavy atom. The van der Waals surface area contributed by atoms with Crippen molar-refractivity contribution in [1.82, 2.24) is 14.8 Å². The number of likely N-dealkylation sites (tertiary alicyclic amines) is 1. The highest BCUT2D eigenvalue weighted by Crippen LogP contribution is 2.39. The predicted molar refractivity (Wildman–Crippen MR) is 149 cm³/mol. The van der Waals surface area contributed by atoms with Crippen molar-refractivity contribution in [1.29, 1.82) is 0 Å². The Balaban J connectivity index is 1.32. The second kappa shape index (κ2) is 13.0. The highest BCUT2D eigenvalue weighted by molar-refractivity contribution is 5.77. The number of hydrogen-bond donors (Lipinski definition) is 2. The highest BCUT2D eigenvalue weighted by atomic mass is 19.1. The third kappa shape index (κ3) is 6.69. The highest BCUT2D eigenvalue weighted by Gasteiger charge is 2.39. The molecule has 1 saturated heterocycles. The van der Waals surface area contributed by atoms with Crippen LogP contribution in [-0.2, 0) is 17.6 Å². The number of aryl methyl sites for hydroxylation is 2. The number of pyridine rings is 1. The normalized spacial score (nSPS) is 18.3. The van der Waals surface area contributed by atoms with E-state index >= 15 is 4.39 Å². The number of hydrogen-bond acceptors (Lipinski definition) is 6. The minimum absolute atomic E-state index is 0.146. The molecule has 2 atom stereocenters. The molecule has 2 aliphatic rings. The van der Waals surface area contributed by atoms with E-state index in [2.05, 4.69) is 29.4 Å². The lowest BCUT2D eigenvalue weighted by atomic mass is 9.94. The first-order valence-electron chi connectivity index (χ1n) is 14.2. The van der Waals surface area contributed by atoms with Crippen LogP contribution in [0.2, 0.25) is 0 Å². The second-order valence-electron chi connectivity index (χ2n) is 11.2. The smallest absolute Gasteiger partial charge is 0.325 e. The molecule has 2 aliphatic heterocycles. The molecule has 1 aromatic carbocycles. The Morgan fingerprint density at radius 1 is 1.28 bits per heavy atom. The van der Waals surface area contributed by atoms with Gasteiger partial charge in [0, 0.05) is 31.4 Å². The molecule has 39 heavy (non-hydrogen) atoms. The fourth-order valence-electron chi connectivity index (χ4n) is 5.88. The van der Waals surface area contributed by atoms with Crippen molar-refractivity contribution in [3.8, 4) is 5.75 Å². The van der Waals surface area contributed by atoms with Crippen LogP contribution in [0.1, 0.15) is 80.3 Å². The zero-order chi connectivity index (χ0) is 28.1. The van der Waals surface area contributed by atoms with E-state index in [9.17, 15) is 14.3 Å². The lowest BCUT2D eigenvalue weighted by Crippen LogP contribution is -2.38. The van der Waals surface area contributed by atoms with Crippen LogP contribution in [0.5, 0.6) is 5.75 Å². The Kier molecular flexibility index (Phi) is 9.77. The van der Waals surface area contributed by atoms with Gasteiger partial charge in [-0.1, -0.05) is 26.3 Å². The van der Waals surface area contributed by atoms with Gasteiger partial charge in [-0.05, 0) is 81.3 Å².